The summed E-state index contributed by atoms with van der Waals surface area (Å²) in [6.45, 7) is 7.53. The van der Waals surface area contributed by atoms with E-state index in [1.54, 1.807) is 11.0 Å². The smallest absolute Gasteiger partial charge is 1.00 e. The van der Waals surface area contributed by atoms with Gasteiger partial charge in [-0.1, -0.05) is 44.2 Å². The fourth-order valence-electron chi connectivity index (χ4n) is 1.91. The van der Waals surface area contributed by atoms with Crippen LogP contribution in [0.5, 0.6) is 0 Å². The Morgan fingerprint density at radius 1 is 1.25 bits per heavy atom. The van der Waals surface area contributed by atoms with Crippen LogP contribution in [-0.2, 0) is 0 Å². The standard InChI is InChI=1S/C10H17B.Li.H/c1-4-9-7-8-11(6-3)10(9)5-2;;/h7-8H,4-6H2,1-3H3;;/q;+1;-1. The van der Waals surface area contributed by atoms with Crippen LogP contribution in [0.3, 0.4) is 0 Å². The Labute approximate surface area is 90.2 Å². The molecule has 0 aromatic heterocycles. The second kappa shape index (κ2) is 5.73. The van der Waals surface area contributed by atoms with Crippen molar-refractivity contribution in [3.63, 3.8) is 0 Å². The van der Waals surface area contributed by atoms with E-state index in [-0.39, 0.29) is 20.3 Å². The molecule has 0 saturated heterocycles. The van der Waals surface area contributed by atoms with Gasteiger partial charge in [0.2, 0.25) is 0 Å². The van der Waals surface area contributed by atoms with Crippen molar-refractivity contribution in [2.45, 2.75) is 39.9 Å². The van der Waals surface area contributed by atoms with E-state index in [0.717, 1.165) is 6.71 Å². The van der Waals surface area contributed by atoms with Crippen LogP contribution in [0.1, 0.15) is 35.0 Å². The molecule has 0 bridgehead atoms. The summed E-state index contributed by atoms with van der Waals surface area (Å²) in [5.41, 5.74) is 3.26. The van der Waals surface area contributed by atoms with Gasteiger partial charge in [-0.15, -0.1) is 5.98 Å². The molecule has 62 valence electrons. The van der Waals surface area contributed by atoms with Crippen molar-refractivity contribution < 1.29 is 20.3 Å². The quantitative estimate of drug-likeness (QED) is 0.518. The first-order valence-corrected chi connectivity index (χ1v) is 4.73. The van der Waals surface area contributed by atoms with Gasteiger partial charge in [0, 0.05) is 0 Å². The molecule has 0 aromatic rings. The van der Waals surface area contributed by atoms with E-state index >= 15 is 0 Å². The third-order valence-corrected chi connectivity index (χ3v) is 2.59. The number of hydrogen-bond acceptors (Lipinski definition) is 0. The van der Waals surface area contributed by atoms with E-state index in [1.165, 1.54) is 19.2 Å². The average Bonchev–Trinajstić information content (AvgIpc) is 2.45. The molecule has 0 aliphatic carbocycles. The number of hydrogen-bond donors (Lipinski definition) is 0. The maximum Gasteiger partial charge on any atom is 1.00 e. The molecule has 0 N–H and O–H groups in total. The third kappa shape index (κ3) is 2.31. The average molecular weight is 156 g/mol. The molecule has 0 aromatic carbocycles. The Bertz CT molecular complexity index is 199. The van der Waals surface area contributed by atoms with E-state index in [1.807, 2.05) is 0 Å². The van der Waals surface area contributed by atoms with E-state index in [0.29, 0.717) is 0 Å². The molecular weight excluding hydrogens is 138 g/mol. The van der Waals surface area contributed by atoms with E-state index in [2.05, 4.69) is 32.8 Å². The molecule has 1 heterocycles. The van der Waals surface area contributed by atoms with Crippen LogP contribution in [0.25, 0.3) is 0 Å². The van der Waals surface area contributed by atoms with Crippen molar-refractivity contribution in [3.05, 3.63) is 23.1 Å². The van der Waals surface area contributed by atoms with Gasteiger partial charge in [-0.2, -0.15) is 0 Å². The second-order valence-corrected chi connectivity index (χ2v) is 3.13. The van der Waals surface area contributed by atoms with Crippen molar-refractivity contribution in [3.8, 4) is 0 Å². The van der Waals surface area contributed by atoms with Gasteiger partial charge in [-0.3, -0.25) is 0 Å². The van der Waals surface area contributed by atoms with E-state index < -0.39 is 0 Å². The topological polar surface area (TPSA) is 0 Å². The van der Waals surface area contributed by atoms with Gasteiger partial charge in [0.05, 0.1) is 0 Å². The molecule has 0 unspecified atom stereocenters. The molecule has 0 amide bonds. The predicted octanol–water partition coefficient (Wildman–Crippen LogP) is 0.382. The van der Waals surface area contributed by atoms with Crippen molar-refractivity contribution in [1.82, 2.24) is 0 Å². The Morgan fingerprint density at radius 2 is 1.92 bits per heavy atom. The second-order valence-electron chi connectivity index (χ2n) is 3.13. The molecule has 1 aliphatic rings. The SMILES string of the molecule is CCB1C=CC(CC)=C1CC.[H-].[Li+]. The fourth-order valence-corrected chi connectivity index (χ4v) is 1.91. The summed E-state index contributed by atoms with van der Waals surface area (Å²) in [6.07, 6.45) is 6.01. The van der Waals surface area contributed by atoms with Crippen molar-refractivity contribution in [1.29, 1.82) is 0 Å². The molecule has 0 atom stereocenters. The van der Waals surface area contributed by atoms with Gasteiger partial charge in [0.15, 0.2) is 6.71 Å². The van der Waals surface area contributed by atoms with Crippen LogP contribution in [0.4, 0.5) is 0 Å². The first-order valence-electron chi connectivity index (χ1n) is 4.73. The molecule has 1 rings (SSSR count). The predicted molar refractivity (Wildman–Crippen MR) is 54.1 cm³/mol. The molecule has 2 heteroatoms. The zero-order valence-corrected chi connectivity index (χ0v) is 8.85. The summed E-state index contributed by atoms with van der Waals surface area (Å²) < 4.78 is 0. The van der Waals surface area contributed by atoms with E-state index in [9.17, 15) is 0 Å². The normalized spacial score (nSPS) is 15.4. The summed E-state index contributed by atoms with van der Waals surface area (Å²) in [5.74, 6) is 2.36. The zero-order valence-electron chi connectivity index (χ0n) is 9.85. The summed E-state index contributed by atoms with van der Waals surface area (Å²) in [7, 11) is 0. The molecule has 12 heavy (non-hydrogen) atoms. The maximum atomic E-state index is 2.36. The Balaban J connectivity index is 0. The molecule has 0 saturated carbocycles. The first kappa shape index (κ1) is 12.1. The Morgan fingerprint density at radius 3 is 2.33 bits per heavy atom. The van der Waals surface area contributed by atoms with Gasteiger partial charge >= 0.3 is 18.9 Å². The minimum absolute atomic E-state index is 0. The minimum atomic E-state index is 0. The van der Waals surface area contributed by atoms with Crippen LogP contribution < -0.4 is 18.9 Å². The van der Waals surface area contributed by atoms with Crippen molar-refractivity contribution in [2.75, 3.05) is 0 Å². The van der Waals surface area contributed by atoms with Crippen LogP contribution in [0.2, 0.25) is 6.32 Å². The largest absolute Gasteiger partial charge is 1.00 e. The van der Waals surface area contributed by atoms with Crippen LogP contribution in [0, 0.1) is 0 Å². The Hall–Kier alpha value is 0.142. The van der Waals surface area contributed by atoms with Gasteiger partial charge < -0.3 is 1.43 Å². The summed E-state index contributed by atoms with van der Waals surface area (Å²) >= 11 is 0. The number of rotatable bonds is 3. The monoisotopic (exact) mass is 156 g/mol. The summed E-state index contributed by atoms with van der Waals surface area (Å²) in [5, 5.41) is 0. The van der Waals surface area contributed by atoms with E-state index in [4.69, 9.17) is 0 Å². The van der Waals surface area contributed by atoms with Crippen LogP contribution in [0.15, 0.2) is 23.1 Å². The molecule has 1 aliphatic heterocycles. The molecule has 0 spiro atoms. The Kier molecular flexibility index (Phi) is 5.80. The first-order chi connectivity index (χ1) is 5.33. The van der Waals surface area contributed by atoms with Gasteiger partial charge in [-0.05, 0) is 12.8 Å². The third-order valence-electron chi connectivity index (χ3n) is 2.59. The molecule has 0 nitrogen and oxygen atoms in total. The van der Waals surface area contributed by atoms with Crippen LogP contribution in [-0.4, -0.2) is 6.71 Å². The zero-order chi connectivity index (χ0) is 8.27. The number of allylic oxidation sites excluding steroid dienone is 3. The maximum absolute atomic E-state index is 2.36. The fraction of sp³-hybridized carbons (Fsp3) is 0.600. The molecular formula is C10H18BLi. The minimum Gasteiger partial charge on any atom is -1.00 e. The molecule has 0 fully saturated rings. The summed E-state index contributed by atoms with van der Waals surface area (Å²) in [4.78, 5) is 0. The summed E-state index contributed by atoms with van der Waals surface area (Å²) in [6, 6.07) is 0. The van der Waals surface area contributed by atoms with Gasteiger partial charge in [0.1, 0.15) is 0 Å². The van der Waals surface area contributed by atoms with Crippen molar-refractivity contribution in [2.24, 2.45) is 0 Å². The molecule has 0 radical (unpaired) electrons. The van der Waals surface area contributed by atoms with Gasteiger partial charge in [-0.25, -0.2) is 0 Å². The van der Waals surface area contributed by atoms with Crippen LogP contribution >= 0.6 is 0 Å². The van der Waals surface area contributed by atoms with Crippen molar-refractivity contribution >= 4 is 6.71 Å². The van der Waals surface area contributed by atoms with Gasteiger partial charge in [0.25, 0.3) is 0 Å².